The van der Waals surface area contributed by atoms with Crippen molar-refractivity contribution in [3.63, 3.8) is 0 Å². The number of halogens is 1. The summed E-state index contributed by atoms with van der Waals surface area (Å²) in [6, 6.07) is 0. The van der Waals surface area contributed by atoms with E-state index in [4.69, 9.17) is 0 Å². The van der Waals surface area contributed by atoms with E-state index in [2.05, 4.69) is 29.8 Å². The third kappa shape index (κ3) is 4.07. The third-order valence-corrected chi connectivity index (χ3v) is 1.61. The first-order chi connectivity index (χ1) is 3.31. The zero-order valence-electron chi connectivity index (χ0n) is 4.87. The van der Waals surface area contributed by atoms with Gasteiger partial charge in [0.1, 0.15) is 0 Å². The van der Waals surface area contributed by atoms with Crippen LogP contribution in [0.1, 0.15) is 26.7 Å². The Bertz CT molecular complexity index is 64.6. The quantitative estimate of drug-likeness (QED) is 0.586. The van der Waals surface area contributed by atoms with Crippen molar-refractivity contribution < 1.29 is 0 Å². The van der Waals surface area contributed by atoms with Gasteiger partial charge in [0, 0.05) is 0 Å². The van der Waals surface area contributed by atoms with E-state index in [1.165, 1.54) is 18.4 Å². The maximum atomic E-state index is 3.25. The largest absolute Gasteiger partial charge is 0.0664 e. The molecule has 0 N–H and O–H groups in total. The van der Waals surface area contributed by atoms with Crippen LogP contribution in [0.3, 0.4) is 0 Å². The normalized spacial score (nSPS) is 12.1. The van der Waals surface area contributed by atoms with Gasteiger partial charge in [-0.2, -0.15) is 0 Å². The van der Waals surface area contributed by atoms with Gasteiger partial charge in [0.05, 0.1) is 0 Å². The molecule has 0 aromatic rings. The fourth-order valence-electron chi connectivity index (χ4n) is 0.449. The van der Waals surface area contributed by atoms with Gasteiger partial charge < -0.3 is 0 Å². The average Bonchev–Trinajstić information content (AvgIpc) is 1.68. The van der Waals surface area contributed by atoms with Gasteiger partial charge in [0.15, 0.2) is 0 Å². The molecule has 0 heterocycles. The molecular weight excluding hydrogens is 152 g/mol. The van der Waals surface area contributed by atoms with Crippen molar-refractivity contribution in [3.05, 3.63) is 10.6 Å². The summed E-state index contributed by atoms with van der Waals surface area (Å²) in [7, 11) is 0. The highest BCUT2D eigenvalue weighted by atomic mass is 79.9. The summed E-state index contributed by atoms with van der Waals surface area (Å²) in [5.74, 6) is 0. The molecule has 0 bridgehead atoms. The van der Waals surface area contributed by atoms with E-state index in [-0.39, 0.29) is 0 Å². The van der Waals surface area contributed by atoms with Crippen LogP contribution in [-0.2, 0) is 0 Å². The molecule has 0 aliphatic rings. The maximum Gasteiger partial charge on any atom is -0.0200 e. The van der Waals surface area contributed by atoms with E-state index in [1.54, 1.807) is 0 Å². The fraction of sp³-hybridized carbons (Fsp3) is 0.667. The second-order valence-corrected chi connectivity index (χ2v) is 2.16. The molecule has 0 spiro atoms. The van der Waals surface area contributed by atoms with Crippen LogP contribution in [0.25, 0.3) is 0 Å². The number of allylic oxidation sites excluding steroid dienone is 1. The number of rotatable bonds is 2. The predicted octanol–water partition coefficient (Wildman–Crippen LogP) is 3.09. The minimum absolute atomic E-state index is 1.21. The van der Waals surface area contributed by atoms with E-state index in [1.807, 2.05) is 4.99 Å². The average molecular weight is 163 g/mol. The smallest absolute Gasteiger partial charge is 0.0200 e. The Labute approximate surface area is 53.7 Å². The monoisotopic (exact) mass is 162 g/mol. The molecule has 0 aliphatic heterocycles. The highest BCUT2D eigenvalue weighted by molar-refractivity contribution is 9.11. The van der Waals surface area contributed by atoms with Crippen molar-refractivity contribution in [3.8, 4) is 0 Å². The van der Waals surface area contributed by atoms with Crippen molar-refractivity contribution in [1.29, 1.82) is 0 Å². The summed E-state index contributed by atoms with van der Waals surface area (Å²) in [6.45, 7) is 4.30. The van der Waals surface area contributed by atoms with E-state index in [9.17, 15) is 0 Å². The van der Waals surface area contributed by atoms with Crippen LogP contribution in [0.15, 0.2) is 10.6 Å². The lowest BCUT2D eigenvalue weighted by atomic mass is 10.2. The van der Waals surface area contributed by atoms with Crippen LogP contribution < -0.4 is 0 Å². The van der Waals surface area contributed by atoms with Gasteiger partial charge in [-0.15, -0.1) is 0 Å². The second kappa shape index (κ2) is 4.38. The lowest BCUT2D eigenvalue weighted by Gasteiger charge is -1.90. The predicted molar refractivity (Wildman–Crippen MR) is 37.6 cm³/mol. The maximum absolute atomic E-state index is 3.25. The van der Waals surface area contributed by atoms with Crippen LogP contribution in [0.4, 0.5) is 0 Å². The highest BCUT2D eigenvalue weighted by Crippen LogP contribution is 2.04. The van der Waals surface area contributed by atoms with Crippen molar-refractivity contribution in [2.45, 2.75) is 26.7 Å². The van der Waals surface area contributed by atoms with Gasteiger partial charge >= 0.3 is 0 Å². The lowest BCUT2D eigenvalue weighted by Crippen LogP contribution is -1.69. The van der Waals surface area contributed by atoms with Crippen LogP contribution >= 0.6 is 15.9 Å². The summed E-state index contributed by atoms with van der Waals surface area (Å²) in [5, 5.41) is 0. The van der Waals surface area contributed by atoms with Crippen molar-refractivity contribution in [2.75, 3.05) is 0 Å². The number of hydrogen-bond acceptors (Lipinski definition) is 0. The minimum Gasteiger partial charge on any atom is -0.0664 e. The summed E-state index contributed by atoms with van der Waals surface area (Å²) < 4.78 is 0. The molecule has 0 aromatic heterocycles. The molecule has 0 aromatic carbocycles. The molecule has 0 atom stereocenters. The van der Waals surface area contributed by atoms with Gasteiger partial charge in [-0.25, -0.2) is 0 Å². The molecule has 0 rings (SSSR count). The van der Waals surface area contributed by atoms with Crippen LogP contribution in [-0.4, -0.2) is 0 Å². The zero-order chi connectivity index (χ0) is 5.70. The first-order valence-corrected chi connectivity index (χ1v) is 3.48. The molecule has 0 aliphatic carbocycles. The molecule has 0 unspecified atom stereocenters. The molecule has 1 heteroatoms. The fourth-order valence-corrected chi connectivity index (χ4v) is 0.678. The lowest BCUT2D eigenvalue weighted by molar-refractivity contribution is 0.909. The minimum atomic E-state index is 1.21. The Morgan fingerprint density at radius 1 is 1.71 bits per heavy atom. The molecule has 0 saturated heterocycles. The second-order valence-electron chi connectivity index (χ2n) is 1.71. The molecule has 0 fully saturated rings. The highest BCUT2D eigenvalue weighted by Gasteiger charge is 1.80. The Kier molecular flexibility index (Phi) is 4.52. The van der Waals surface area contributed by atoms with Gasteiger partial charge in [0.25, 0.3) is 0 Å². The first kappa shape index (κ1) is 7.22. The Balaban J connectivity index is 3.17. The molecule has 0 amide bonds. The molecule has 42 valence electrons. The SMILES string of the molecule is CCCC(C)=CBr. The molecule has 0 nitrogen and oxygen atoms in total. The van der Waals surface area contributed by atoms with Gasteiger partial charge in [0.2, 0.25) is 0 Å². The summed E-state index contributed by atoms with van der Waals surface area (Å²) in [5.41, 5.74) is 1.42. The van der Waals surface area contributed by atoms with E-state index >= 15 is 0 Å². The van der Waals surface area contributed by atoms with Gasteiger partial charge in [-0.3, -0.25) is 0 Å². The standard InChI is InChI=1S/C6H11Br/c1-3-4-6(2)5-7/h5H,3-4H2,1-2H3. The van der Waals surface area contributed by atoms with Crippen molar-refractivity contribution in [2.24, 2.45) is 0 Å². The summed E-state index contributed by atoms with van der Waals surface area (Å²) in [4.78, 5) is 1.98. The molecule has 0 saturated carbocycles. The van der Waals surface area contributed by atoms with Crippen molar-refractivity contribution >= 4 is 15.9 Å². The van der Waals surface area contributed by atoms with Crippen LogP contribution in [0.5, 0.6) is 0 Å². The topological polar surface area (TPSA) is 0 Å². The molecule has 7 heavy (non-hydrogen) atoms. The van der Waals surface area contributed by atoms with Gasteiger partial charge in [-0.1, -0.05) is 34.8 Å². The van der Waals surface area contributed by atoms with Crippen molar-refractivity contribution in [1.82, 2.24) is 0 Å². The van der Waals surface area contributed by atoms with E-state index in [0.717, 1.165) is 0 Å². The Hall–Kier alpha value is 0.220. The number of hydrogen-bond donors (Lipinski definition) is 0. The summed E-state index contributed by atoms with van der Waals surface area (Å²) >= 11 is 3.25. The first-order valence-electron chi connectivity index (χ1n) is 2.57. The third-order valence-electron chi connectivity index (χ3n) is 0.831. The van der Waals surface area contributed by atoms with E-state index < -0.39 is 0 Å². The Morgan fingerprint density at radius 2 is 2.29 bits per heavy atom. The molecular formula is C6H11Br. The van der Waals surface area contributed by atoms with Crippen LogP contribution in [0.2, 0.25) is 0 Å². The zero-order valence-corrected chi connectivity index (χ0v) is 6.46. The van der Waals surface area contributed by atoms with Gasteiger partial charge in [-0.05, 0) is 18.3 Å². The van der Waals surface area contributed by atoms with Crippen LogP contribution in [0, 0.1) is 0 Å². The van der Waals surface area contributed by atoms with E-state index in [0.29, 0.717) is 0 Å². The summed E-state index contributed by atoms with van der Waals surface area (Å²) in [6.07, 6.45) is 2.46. The molecule has 0 radical (unpaired) electrons. The Morgan fingerprint density at radius 3 is 2.43 bits per heavy atom.